The van der Waals surface area contributed by atoms with Gasteiger partial charge in [0.25, 0.3) is 0 Å². The Labute approximate surface area is 51.9 Å². The van der Waals surface area contributed by atoms with Crippen molar-refractivity contribution in [1.29, 1.82) is 0 Å². The van der Waals surface area contributed by atoms with Crippen molar-refractivity contribution in [2.45, 2.75) is 13.0 Å². The van der Waals surface area contributed by atoms with Crippen LogP contribution in [-0.4, -0.2) is 4.57 Å². The van der Waals surface area contributed by atoms with Gasteiger partial charge in [0.15, 0.2) is 0 Å². The normalized spacial score (nSPS) is 11.9. The Hall–Kier alpha value is -0.860. The van der Waals surface area contributed by atoms with Crippen LogP contribution in [0.3, 0.4) is 0 Å². The maximum Gasteiger partial charge on any atom is 0.326 e. The smallest absolute Gasteiger partial charge is 0.296 e. The van der Waals surface area contributed by atoms with Gasteiger partial charge >= 0.3 is 6.05 Å². The van der Waals surface area contributed by atoms with Crippen LogP contribution in [-0.2, 0) is 6.05 Å². The molecule has 0 aromatic carbocycles. The highest BCUT2D eigenvalue weighted by atomic mass is 19.3. The molecule has 0 radical (unpaired) electrons. The first-order valence-electron chi connectivity index (χ1n) is 2.62. The predicted molar refractivity (Wildman–Crippen MR) is 30.3 cm³/mol. The first kappa shape index (κ1) is 6.26. The molecule has 0 aliphatic carbocycles. The molecule has 0 amide bonds. The molecular formula is C6H7F2N. The van der Waals surface area contributed by atoms with Crippen LogP contribution in [0.15, 0.2) is 24.5 Å². The van der Waals surface area contributed by atoms with Gasteiger partial charge in [-0.25, -0.2) is 0 Å². The molecule has 50 valence electrons. The van der Waals surface area contributed by atoms with Gasteiger partial charge in [0.1, 0.15) is 0 Å². The first-order chi connectivity index (χ1) is 4.11. The van der Waals surface area contributed by atoms with Crippen molar-refractivity contribution in [3.8, 4) is 0 Å². The lowest BCUT2D eigenvalue weighted by Crippen LogP contribution is -2.15. The molecule has 0 unspecified atom stereocenters. The molecule has 1 aromatic heterocycles. The van der Waals surface area contributed by atoms with Crippen LogP contribution >= 0.6 is 0 Å². The highest BCUT2D eigenvalue weighted by molar-refractivity contribution is 4.92. The number of alkyl halides is 2. The average molecular weight is 131 g/mol. The van der Waals surface area contributed by atoms with Gasteiger partial charge in [0.05, 0.1) is 0 Å². The zero-order valence-corrected chi connectivity index (χ0v) is 5.01. The fourth-order valence-corrected chi connectivity index (χ4v) is 0.596. The molecule has 9 heavy (non-hydrogen) atoms. The predicted octanol–water partition coefficient (Wildman–Crippen LogP) is 2.06. The lowest BCUT2D eigenvalue weighted by atomic mass is 10.6. The van der Waals surface area contributed by atoms with E-state index in [2.05, 4.69) is 0 Å². The van der Waals surface area contributed by atoms with E-state index in [0.29, 0.717) is 0 Å². The molecule has 0 N–H and O–H groups in total. The second kappa shape index (κ2) is 1.83. The van der Waals surface area contributed by atoms with Gasteiger partial charge in [-0.05, 0) is 12.1 Å². The lowest BCUT2D eigenvalue weighted by molar-refractivity contribution is -0.0606. The highest BCUT2D eigenvalue weighted by Gasteiger charge is 2.21. The molecule has 0 aliphatic rings. The zero-order chi connectivity index (χ0) is 6.91. The Balaban J connectivity index is 2.90. The molecular weight excluding hydrogens is 124 g/mol. The standard InChI is InChI=1S/C6H7F2N/c1-6(7,8)9-4-2-3-5-9/h2-5H,1H3. The second-order valence-electron chi connectivity index (χ2n) is 1.93. The van der Waals surface area contributed by atoms with Crippen molar-refractivity contribution in [3.63, 3.8) is 0 Å². The largest absolute Gasteiger partial charge is 0.326 e. The maximum absolute atomic E-state index is 12.3. The Morgan fingerprint density at radius 2 is 1.67 bits per heavy atom. The van der Waals surface area contributed by atoms with Crippen LogP contribution in [0.2, 0.25) is 0 Å². The minimum absolute atomic E-state index is 0.854. The molecule has 1 heterocycles. The molecule has 1 rings (SSSR count). The number of hydrogen-bond donors (Lipinski definition) is 0. The summed E-state index contributed by atoms with van der Waals surface area (Å²) >= 11 is 0. The number of aromatic nitrogens is 1. The minimum atomic E-state index is -2.76. The van der Waals surface area contributed by atoms with E-state index in [-0.39, 0.29) is 0 Å². The summed E-state index contributed by atoms with van der Waals surface area (Å²) < 4.78 is 25.4. The van der Waals surface area contributed by atoms with Gasteiger partial charge in [-0.1, -0.05) is 0 Å². The molecule has 1 aromatic rings. The van der Waals surface area contributed by atoms with E-state index in [1.807, 2.05) is 0 Å². The fraction of sp³-hybridized carbons (Fsp3) is 0.333. The van der Waals surface area contributed by atoms with Crippen LogP contribution in [0.25, 0.3) is 0 Å². The summed E-state index contributed by atoms with van der Waals surface area (Å²) in [7, 11) is 0. The van der Waals surface area contributed by atoms with E-state index in [9.17, 15) is 8.78 Å². The van der Waals surface area contributed by atoms with Gasteiger partial charge in [0.2, 0.25) is 0 Å². The van der Waals surface area contributed by atoms with Gasteiger partial charge in [-0.3, -0.25) is 4.57 Å². The molecule has 3 heteroatoms. The Bertz CT molecular complexity index is 173. The zero-order valence-electron chi connectivity index (χ0n) is 5.01. The summed E-state index contributed by atoms with van der Waals surface area (Å²) in [4.78, 5) is 0. The van der Waals surface area contributed by atoms with Gasteiger partial charge in [-0.2, -0.15) is 8.78 Å². The van der Waals surface area contributed by atoms with Gasteiger partial charge < -0.3 is 0 Å². The monoisotopic (exact) mass is 131 g/mol. The molecule has 0 saturated carbocycles. The Morgan fingerprint density at radius 3 is 1.89 bits per heavy atom. The third-order valence-corrected chi connectivity index (χ3v) is 1.06. The van der Waals surface area contributed by atoms with Gasteiger partial charge in [-0.15, -0.1) is 0 Å². The van der Waals surface area contributed by atoms with E-state index < -0.39 is 6.05 Å². The average Bonchev–Trinajstić information content (AvgIpc) is 2.08. The molecule has 0 saturated heterocycles. The SMILES string of the molecule is CC(F)(F)n1cccc1. The van der Waals surface area contributed by atoms with Crippen LogP contribution in [0.5, 0.6) is 0 Å². The van der Waals surface area contributed by atoms with Crippen molar-refractivity contribution in [2.75, 3.05) is 0 Å². The fourth-order valence-electron chi connectivity index (χ4n) is 0.596. The third kappa shape index (κ3) is 1.28. The summed E-state index contributed by atoms with van der Waals surface area (Å²) in [6.07, 6.45) is 2.67. The van der Waals surface area contributed by atoms with E-state index >= 15 is 0 Å². The van der Waals surface area contributed by atoms with E-state index in [4.69, 9.17) is 0 Å². The number of nitrogens with zero attached hydrogens (tertiary/aromatic N) is 1. The quantitative estimate of drug-likeness (QED) is 0.549. The van der Waals surface area contributed by atoms with Crippen molar-refractivity contribution >= 4 is 0 Å². The first-order valence-corrected chi connectivity index (χ1v) is 2.62. The highest BCUT2D eigenvalue weighted by Crippen LogP contribution is 2.18. The molecule has 0 fully saturated rings. The Kier molecular flexibility index (Phi) is 1.27. The van der Waals surface area contributed by atoms with Crippen molar-refractivity contribution < 1.29 is 8.78 Å². The van der Waals surface area contributed by atoms with Crippen LogP contribution in [0, 0.1) is 0 Å². The molecule has 1 nitrogen and oxygen atoms in total. The summed E-state index contributed by atoms with van der Waals surface area (Å²) in [6, 6.07) is 0.373. The van der Waals surface area contributed by atoms with E-state index in [1.165, 1.54) is 12.4 Å². The number of rotatable bonds is 1. The van der Waals surface area contributed by atoms with Crippen LogP contribution < -0.4 is 0 Å². The molecule has 0 bridgehead atoms. The summed E-state index contributed by atoms with van der Waals surface area (Å²) in [5.41, 5.74) is 0. The van der Waals surface area contributed by atoms with Crippen LogP contribution in [0.4, 0.5) is 8.78 Å². The maximum atomic E-state index is 12.3. The van der Waals surface area contributed by atoms with Gasteiger partial charge in [0, 0.05) is 19.3 Å². The van der Waals surface area contributed by atoms with E-state index in [0.717, 1.165) is 11.5 Å². The number of halogens is 2. The molecule has 0 atom stereocenters. The second-order valence-corrected chi connectivity index (χ2v) is 1.93. The summed E-state index contributed by atoms with van der Waals surface area (Å²) in [5.74, 6) is 0. The summed E-state index contributed by atoms with van der Waals surface area (Å²) in [5, 5.41) is 0. The van der Waals surface area contributed by atoms with Crippen molar-refractivity contribution in [2.24, 2.45) is 0 Å². The van der Waals surface area contributed by atoms with Crippen molar-refractivity contribution in [3.05, 3.63) is 24.5 Å². The number of hydrogen-bond acceptors (Lipinski definition) is 0. The lowest BCUT2D eigenvalue weighted by Gasteiger charge is -2.10. The third-order valence-electron chi connectivity index (χ3n) is 1.06. The minimum Gasteiger partial charge on any atom is -0.296 e. The van der Waals surface area contributed by atoms with Crippen molar-refractivity contribution in [1.82, 2.24) is 4.57 Å². The van der Waals surface area contributed by atoms with E-state index in [1.54, 1.807) is 12.1 Å². The topological polar surface area (TPSA) is 4.93 Å². The molecule has 0 aliphatic heterocycles. The van der Waals surface area contributed by atoms with Crippen LogP contribution in [0.1, 0.15) is 6.92 Å². The summed E-state index contributed by atoms with van der Waals surface area (Å²) in [6.45, 7) is 0.854. The molecule has 0 spiro atoms. The Morgan fingerprint density at radius 1 is 1.22 bits per heavy atom.